The van der Waals surface area contributed by atoms with E-state index >= 15 is 0 Å². The third-order valence-electron chi connectivity index (χ3n) is 6.14. The summed E-state index contributed by atoms with van der Waals surface area (Å²) in [6.07, 6.45) is 5.44. The molecule has 3 aliphatic rings. The van der Waals surface area contributed by atoms with Crippen LogP contribution in [0.5, 0.6) is 0 Å². The van der Waals surface area contributed by atoms with E-state index in [4.69, 9.17) is 0 Å². The molecule has 0 aromatic heterocycles. The van der Waals surface area contributed by atoms with E-state index in [0.29, 0.717) is 5.91 Å². The minimum Gasteiger partial charge on any atom is -0.371 e. The normalized spacial score (nSPS) is 22.0. The van der Waals surface area contributed by atoms with Crippen molar-refractivity contribution in [2.45, 2.75) is 44.6 Å². The molecule has 2 aliphatic heterocycles. The van der Waals surface area contributed by atoms with Gasteiger partial charge in [-0.3, -0.25) is 9.59 Å². The topological polar surface area (TPSA) is 52.7 Å². The largest absolute Gasteiger partial charge is 0.371 e. The average molecular weight is 373 g/mol. The van der Waals surface area contributed by atoms with Gasteiger partial charge in [0.15, 0.2) is 0 Å². The van der Waals surface area contributed by atoms with E-state index in [0.717, 1.165) is 70.4 Å². The summed E-state index contributed by atoms with van der Waals surface area (Å²) >= 11 is 0. The second-order valence-electron chi connectivity index (χ2n) is 8.12. The highest BCUT2D eigenvalue weighted by Gasteiger charge is 2.36. The van der Waals surface area contributed by atoms with Crippen molar-refractivity contribution in [1.82, 2.24) is 10.2 Å². The Morgan fingerprint density at radius 1 is 0.852 bits per heavy atom. The van der Waals surface area contributed by atoms with Crippen molar-refractivity contribution in [2.75, 3.05) is 31.1 Å². The Bertz CT molecular complexity index is 673. The van der Waals surface area contributed by atoms with Crippen LogP contribution in [0, 0.1) is 17.7 Å². The van der Waals surface area contributed by atoms with Crippen LogP contribution >= 0.6 is 0 Å². The average Bonchev–Trinajstić information content (AvgIpc) is 3.54. The zero-order valence-electron chi connectivity index (χ0n) is 15.7. The molecule has 0 spiro atoms. The number of carbonyl (C=O) groups excluding carboxylic acids is 2. The lowest BCUT2D eigenvalue weighted by atomic mass is 9.94. The number of benzene rings is 1. The van der Waals surface area contributed by atoms with E-state index < -0.39 is 0 Å². The molecule has 4 rings (SSSR count). The number of anilines is 1. The Labute approximate surface area is 159 Å². The summed E-state index contributed by atoms with van der Waals surface area (Å²) in [6, 6.07) is 6.81. The molecule has 1 aromatic carbocycles. The van der Waals surface area contributed by atoms with Crippen LogP contribution in [0.4, 0.5) is 10.1 Å². The molecule has 3 fully saturated rings. The van der Waals surface area contributed by atoms with Crippen LogP contribution in [0.25, 0.3) is 0 Å². The molecule has 1 aliphatic carbocycles. The van der Waals surface area contributed by atoms with Gasteiger partial charge >= 0.3 is 0 Å². The van der Waals surface area contributed by atoms with Gasteiger partial charge < -0.3 is 15.1 Å². The number of halogens is 1. The van der Waals surface area contributed by atoms with E-state index in [1.165, 1.54) is 12.1 Å². The van der Waals surface area contributed by atoms with Gasteiger partial charge in [0.25, 0.3) is 0 Å². The number of nitrogens with zero attached hydrogens (tertiary/aromatic N) is 2. The van der Waals surface area contributed by atoms with Gasteiger partial charge in [-0.15, -0.1) is 0 Å². The highest BCUT2D eigenvalue weighted by atomic mass is 19.1. The molecule has 146 valence electrons. The smallest absolute Gasteiger partial charge is 0.225 e. The number of rotatable bonds is 4. The molecule has 1 aromatic rings. The Hall–Kier alpha value is -2.11. The van der Waals surface area contributed by atoms with Crippen LogP contribution in [0.15, 0.2) is 24.3 Å². The summed E-state index contributed by atoms with van der Waals surface area (Å²) < 4.78 is 13.1. The number of nitrogens with one attached hydrogen (secondary N) is 1. The fourth-order valence-corrected chi connectivity index (χ4v) is 4.20. The Morgan fingerprint density at radius 2 is 1.48 bits per heavy atom. The summed E-state index contributed by atoms with van der Waals surface area (Å²) in [4.78, 5) is 28.9. The van der Waals surface area contributed by atoms with Crippen molar-refractivity contribution in [3.05, 3.63) is 30.1 Å². The van der Waals surface area contributed by atoms with Gasteiger partial charge in [-0.05, 0) is 62.8 Å². The van der Waals surface area contributed by atoms with Crippen molar-refractivity contribution in [3.8, 4) is 0 Å². The van der Waals surface area contributed by atoms with E-state index in [1.54, 1.807) is 0 Å². The molecule has 0 unspecified atom stereocenters. The Balaban J connectivity index is 1.20. The molecular formula is C21H28FN3O2. The maximum Gasteiger partial charge on any atom is 0.225 e. The van der Waals surface area contributed by atoms with Crippen LogP contribution in [-0.4, -0.2) is 48.9 Å². The molecule has 6 heteroatoms. The van der Waals surface area contributed by atoms with Gasteiger partial charge in [0.05, 0.1) is 0 Å². The SMILES string of the molecule is O=C(NC1CCN(c2ccc(F)cc2)CC1)C1CCN(C(=O)C2CC2)CC1. The molecule has 0 atom stereocenters. The van der Waals surface area contributed by atoms with Gasteiger partial charge in [-0.25, -0.2) is 4.39 Å². The fraction of sp³-hybridized carbons (Fsp3) is 0.619. The minimum atomic E-state index is -0.217. The summed E-state index contributed by atoms with van der Waals surface area (Å²) in [7, 11) is 0. The first-order valence-corrected chi connectivity index (χ1v) is 10.2. The number of hydrogen-bond acceptors (Lipinski definition) is 3. The van der Waals surface area contributed by atoms with E-state index in [1.807, 2.05) is 17.0 Å². The first kappa shape index (κ1) is 18.3. The first-order valence-electron chi connectivity index (χ1n) is 10.2. The number of carbonyl (C=O) groups is 2. The summed E-state index contributed by atoms with van der Waals surface area (Å²) in [6.45, 7) is 3.17. The Kier molecular flexibility index (Phi) is 5.32. The molecule has 0 bridgehead atoms. The molecule has 27 heavy (non-hydrogen) atoms. The van der Waals surface area contributed by atoms with Crippen LogP contribution in [-0.2, 0) is 9.59 Å². The standard InChI is InChI=1S/C21H28FN3O2/c22-17-3-5-19(6-4-17)24-13-9-18(10-14-24)23-20(26)15-7-11-25(12-8-15)21(27)16-1-2-16/h3-6,15-16,18H,1-2,7-14H2,(H,23,26). The van der Waals surface area contributed by atoms with Crippen LogP contribution in [0.3, 0.4) is 0 Å². The summed E-state index contributed by atoms with van der Waals surface area (Å²) in [5.74, 6) is 0.520. The number of amides is 2. The number of likely N-dealkylation sites (tertiary alicyclic amines) is 1. The van der Waals surface area contributed by atoms with Crippen molar-refractivity contribution in [1.29, 1.82) is 0 Å². The molecule has 5 nitrogen and oxygen atoms in total. The fourth-order valence-electron chi connectivity index (χ4n) is 4.20. The second-order valence-corrected chi connectivity index (χ2v) is 8.12. The zero-order valence-corrected chi connectivity index (χ0v) is 15.7. The summed E-state index contributed by atoms with van der Waals surface area (Å²) in [5, 5.41) is 3.22. The quantitative estimate of drug-likeness (QED) is 0.883. The predicted octanol–water partition coefficient (Wildman–Crippen LogP) is 2.56. The molecule has 2 amide bonds. The third kappa shape index (κ3) is 4.42. The van der Waals surface area contributed by atoms with Gasteiger partial charge in [-0.2, -0.15) is 0 Å². The lowest BCUT2D eigenvalue weighted by Gasteiger charge is -2.36. The van der Waals surface area contributed by atoms with E-state index in [-0.39, 0.29) is 29.6 Å². The van der Waals surface area contributed by atoms with E-state index in [9.17, 15) is 14.0 Å². The van der Waals surface area contributed by atoms with Gasteiger partial charge in [-0.1, -0.05) is 0 Å². The molecule has 0 radical (unpaired) electrons. The monoisotopic (exact) mass is 373 g/mol. The maximum absolute atomic E-state index is 13.1. The van der Waals surface area contributed by atoms with Crippen LogP contribution in [0.2, 0.25) is 0 Å². The molecular weight excluding hydrogens is 345 g/mol. The zero-order chi connectivity index (χ0) is 18.8. The van der Waals surface area contributed by atoms with Crippen LogP contribution < -0.4 is 10.2 Å². The van der Waals surface area contributed by atoms with Gasteiger partial charge in [0, 0.05) is 49.7 Å². The molecule has 1 saturated carbocycles. The van der Waals surface area contributed by atoms with E-state index in [2.05, 4.69) is 10.2 Å². The highest BCUT2D eigenvalue weighted by Crippen LogP contribution is 2.32. The number of piperidine rings is 2. The van der Waals surface area contributed by atoms with Gasteiger partial charge in [0.2, 0.25) is 11.8 Å². The van der Waals surface area contributed by atoms with Crippen LogP contribution in [0.1, 0.15) is 38.5 Å². The highest BCUT2D eigenvalue weighted by molar-refractivity contribution is 5.82. The van der Waals surface area contributed by atoms with Crippen molar-refractivity contribution in [2.24, 2.45) is 11.8 Å². The second kappa shape index (κ2) is 7.87. The first-order chi connectivity index (χ1) is 13.1. The van der Waals surface area contributed by atoms with Crippen molar-refractivity contribution in [3.63, 3.8) is 0 Å². The molecule has 2 heterocycles. The lowest BCUT2D eigenvalue weighted by molar-refractivity contribution is -0.136. The maximum atomic E-state index is 13.1. The molecule has 2 saturated heterocycles. The van der Waals surface area contributed by atoms with Crippen molar-refractivity contribution < 1.29 is 14.0 Å². The minimum absolute atomic E-state index is 0.0309. The lowest BCUT2D eigenvalue weighted by Crippen LogP contribution is -2.48. The third-order valence-corrected chi connectivity index (χ3v) is 6.14. The summed E-state index contributed by atoms with van der Waals surface area (Å²) in [5.41, 5.74) is 1.04. The molecule has 1 N–H and O–H groups in total. The Morgan fingerprint density at radius 3 is 2.07 bits per heavy atom. The van der Waals surface area contributed by atoms with Gasteiger partial charge in [0.1, 0.15) is 5.82 Å². The number of hydrogen-bond donors (Lipinski definition) is 1. The predicted molar refractivity (Wildman–Crippen MR) is 102 cm³/mol. The van der Waals surface area contributed by atoms with Crippen molar-refractivity contribution >= 4 is 17.5 Å².